The molecule has 0 radical (unpaired) electrons. The predicted octanol–water partition coefficient (Wildman–Crippen LogP) is 3.35. The predicted molar refractivity (Wildman–Crippen MR) is 102 cm³/mol. The van der Waals surface area contributed by atoms with Crippen molar-refractivity contribution in [1.82, 2.24) is 15.6 Å². The molecule has 2 amide bonds. The molecule has 3 N–H and O–H groups in total. The molecule has 8 heteroatoms. The van der Waals surface area contributed by atoms with Gasteiger partial charge in [-0.25, -0.2) is 4.98 Å². The van der Waals surface area contributed by atoms with Crippen LogP contribution in [-0.2, 0) is 4.79 Å². The van der Waals surface area contributed by atoms with Gasteiger partial charge in [0.2, 0.25) is 5.91 Å². The molecule has 0 atom stereocenters. The normalized spacial score (nSPS) is 10.6. The molecule has 25 heavy (non-hydrogen) atoms. The van der Waals surface area contributed by atoms with Crippen LogP contribution in [0.25, 0.3) is 0 Å². The number of aryl methyl sites for hydroxylation is 1. The Kier molecular flexibility index (Phi) is 6.78. The van der Waals surface area contributed by atoms with E-state index in [0.717, 1.165) is 11.3 Å². The fraction of sp³-hybridized carbons (Fsp3) is 0.353. The highest BCUT2D eigenvalue weighted by molar-refractivity contribution is 7.14. The minimum atomic E-state index is -0.383. The molecule has 1 heterocycles. The van der Waals surface area contributed by atoms with Crippen molar-refractivity contribution in [3.63, 3.8) is 0 Å². The lowest BCUT2D eigenvalue weighted by Gasteiger charge is -2.08. The molecule has 0 bridgehead atoms. The second-order valence-corrected chi connectivity index (χ2v) is 7.30. The summed E-state index contributed by atoms with van der Waals surface area (Å²) in [5.74, 6) is -0.237. The van der Waals surface area contributed by atoms with Crippen LogP contribution in [0.3, 0.4) is 0 Å². The number of anilines is 2. The van der Waals surface area contributed by atoms with Crippen LogP contribution in [0.1, 0.15) is 29.9 Å². The van der Waals surface area contributed by atoms with Gasteiger partial charge in [-0.3, -0.25) is 9.59 Å². The summed E-state index contributed by atoms with van der Waals surface area (Å²) in [6.45, 7) is 6.47. The molecule has 0 unspecified atom stereocenters. The monoisotopic (exact) mass is 380 g/mol. The molecule has 1 aromatic carbocycles. The van der Waals surface area contributed by atoms with Crippen LogP contribution in [0.4, 0.5) is 10.8 Å². The molecule has 2 aromatic rings. The van der Waals surface area contributed by atoms with Crippen LogP contribution >= 0.6 is 22.9 Å². The Bertz CT molecular complexity index is 761. The Morgan fingerprint density at radius 2 is 2.04 bits per heavy atom. The van der Waals surface area contributed by atoms with Gasteiger partial charge in [0.1, 0.15) is 5.69 Å². The van der Waals surface area contributed by atoms with E-state index in [4.69, 9.17) is 11.6 Å². The maximum absolute atomic E-state index is 12.1. The zero-order valence-electron chi connectivity index (χ0n) is 14.4. The smallest absolute Gasteiger partial charge is 0.271 e. The Morgan fingerprint density at radius 1 is 1.28 bits per heavy atom. The second-order valence-electron chi connectivity index (χ2n) is 6.00. The van der Waals surface area contributed by atoms with Gasteiger partial charge in [0.15, 0.2) is 5.13 Å². The Balaban J connectivity index is 1.90. The Labute approximate surface area is 156 Å². The molecule has 0 spiro atoms. The zero-order chi connectivity index (χ0) is 18.4. The molecule has 0 aliphatic carbocycles. The van der Waals surface area contributed by atoms with E-state index in [9.17, 15) is 9.59 Å². The minimum Gasteiger partial charge on any atom is -0.354 e. The summed E-state index contributed by atoms with van der Waals surface area (Å²) in [6.07, 6.45) is 0. The van der Waals surface area contributed by atoms with Crippen molar-refractivity contribution in [3.8, 4) is 0 Å². The highest BCUT2D eigenvalue weighted by atomic mass is 35.5. The van der Waals surface area contributed by atoms with Gasteiger partial charge in [0, 0.05) is 22.6 Å². The van der Waals surface area contributed by atoms with E-state index in [1.54, 1.807) is 11.4 Å². The van der Waals surface area contributed by atoms with Gasteiger partial charge < -0.3 is 16.0 Å². The van der Waals surface area contributed by atoms with Gasteiger partial charge in [-0.05, 0) is 30.5 Å². The molecule has 0 saturated heterocycles. The number of amides is 2. The van der Waals surface area contributed by atoms with E-state index in [2.05, 4.69) is 20.9 Å². The van der Waals surface area contributed by atoms with Crippen molar-refractivity contribution in [2.75, 3.05) is 18.4 Å². The number of hydrogen-bond donors (Lipinski definition) is 3. The number of rotatable bonds is 7. The molecule has 0 saturated carbocycles. The zero-order valence-corrected chi connectivity index (χ0v) is 15.9. The first kappa shape index (κ1) is 19.2. The second kappa shape index (κ2) is 8.82. The summed E-state index contributed by atoms with van der Waals surface area (Å²) < 4.78 is 0. The quantitative estimate of drug-likeness (QED) is 0.687. The van der Waals surface area contributed by atoms with Gasteiger partial charge in [-0.15, -0.1) is 11.3 Å². The highest BCUT2D eigenvalue weighted by Gasteiger charge is 2.13. The van der Waals surface area contributed by atoms with E-state index in [1.165, 1.54) is 11.3 Å². The van der Waals surface area contributed by atoms with Crippen molar-refractivity contribution in [2.45, 2.75) is 20.8 Å². The number of halogens is 1. The summed E-state index contributed by atoms with van der Waals surface area (Å²) in [4.78, 5) is 28.0. The average molecular weight is 381 g/mol. The summed E-state index contributed by atoms with van der Waals surface area (Å²) in [7, 11) is 0. The van der Waals surface area contributed by atoms with Crippen molar-refractivity contribution in [2.24, 2.45) is 5.92 Å². The van der Waals surface area contributed by atoms with E-state index in [0.29, 0.717) is 22.6 Å². The van der Waals surface area contributed by atoms with Crippen molar-refractivity contribution >= 4 is 45.6 Å². The van der Waals surface area contributed by atoms with Gasteiger partial charge in [0.25, 0.3) is 5.91 Å². The third-order valence-electron chi connectivity index (χ3n) is 3.30. The number of aromatic nitrogens is 1. The summed E-state index contributed by atoms with van der Waals surface area (Å²) in [5, 5.41) is 11.3. The number of nitrogens with zero attached hydrogens (tertiary/aromatic N) is 1. The van der Waals surface area contributed by atoms with Crippen LogP contribution in [0.2, 0.25) is 5.02 Å². The van der Waals surface area contributed by atoms with Gasteiger partial charge in [-0.1, -0.05) is 31.5 Å². The van der Waals surface area contributed by atoms with Crippen LogP contribution in [-0.4, -0.2) is 29.9 Å². The van der Waals surface area contributed by atoms with Gasteiger partial charge >= 0.3 is 0 Å². The summed E-state index contributed by atoms with van der Waals surface area (Å²) in [5.41, 5.74) is 2.12. The topological polar surface area (TPSA) is 83.1 Å². The third-order valence-corrected chi connectivity index (χ3v) is 4.29. The number of nitrogens with one attached hydrogen (secondary N) is 3. The SMILES string of the molecule is Cc1ccc(Cl)cc1Nc1nc(C(=O)NCC(=O)NCC(C)C)cs1. The van der Waals surface area contributed by atoms with Gasteiger partial charge in [0.05, 0.1) is 6.54 Å². The van der Waals surface area contributed by atoms with Crippen LogP contribution < -0.4 is 16.0 Å². The van der Waals surface area contributed by atoms with E-state index in [-0.39, 0.29) is 24.1 Å². The first-order valence-electron chi connectivity index (χ1n) is 7.88. The van der Waals surface area contributed by atoms with Crippen molar-refractivity contribution in [3.05, 3.63) is 39.9 Å². The Hall–Kier alpha value is -2.12. The number of benzene rings is 1. The number of thiazole rings is 1. The first-order chi connectivity index (χ1) is 11.8. The average Bonchev–Trinajstić information content (AvgIpc) is 3.02. The largest absolute Gasteiger partial charge is 0.354 e. The molecule has 0 aliphatic rings. The van der Waals surface area contributed by atoms with Crippen molar-refractivity contribution < 1.29 is 9.59 Å². The Morgan fingerprint density at radius 3 is 2.76 bits per heavy atom. The lowest BCUT2D eigenvalue weighted by atomic mass is 10.2. The number of hydrogen-bond acceptors (Lipinski definition) is 5. The van der Waals surface area contributed by atoms with Crippen LogP contribution in [0.15, 0.2) is 23.6 Å². The third kappa shape index (κ3) is 6.03. The standard InChI is InChI=1S/C17H21ClN4O2S/c1-10(2)7-19-15(23)8-20-16(24)14-9-25-17(22-14)21-13-6-12(18)5-4-11(13)3/h4-6,9-10H,7-8H2,1-3H3,(H,19,23)(H,20,24)(H,21,22). The van der Waals surface area contributed by atoms with E-state index in [1.807, 2.05) is 32.9 Å². The fourth-order valence-electron chi connectivity index (χ4n) is 1.91. The number of carbonyl (C=O) groups excluding carboxylic acids is 2. The highest BCUT2D eigenvalue weighted by Crippen LogP contribution is 2.26. The van der Waals surface area contributed by atoms with Crippen LogP contribution in [0.5, 0.6) is 0 Å². The van der Waals surface area contributed by atoms with Crippen LogP contribution in [0, 0.1) is 12.8 Å². The molecule has 0 aliphatic heterocycles. The number of carbonyl (C=O) groups is 2. The molecule has 134 valence electrons. The van der Waals surface area contributed by atoms with E-state index >= 15 is 0 Å². The lowest BCUT2D eigenvalue weighted by molar-refractivity contribution is -0.120. The molecule has 1 aromatic heterocycles. The maximum atomic E-state index is 12.1. The maximum Gasteiger partial charge on any atom is 0.271 e. The lowest BCUT2D eigenvalue weighted by Crippen LogP contribution is -2.38. The van der Waals surface area contributed by atoms with E-state index < -0.39 is 0 Å². The molecule has 0 fully saturated rings. The molecular formula is C17H21ClN4O2S. The molecule has 6 nitrogen and oxygen atoms in total. The molecular weight excluding hydrogens is 360 g/mol. The molecule has 2 rings (SSSR count). The van der Waals surface area contributed by atoms with Crippen molar-refractivity contribution in [1.29, 1.82) is 0 Å². The minimum absolute atomic E-state index is 0.0702. The van der Waals surface area contributed by atoms with Gasteiger partial charge in [-0.2, -0.15) is 0 Å². The first-order valence-corrected chi connectivity index (χ1v) is 9.14. The summed E-state index contributed by atoms with van der Waals surface area (Å²) in [6, 6.07) is 5.52. The fourth-order valence-corrected chi connectivity index (χ4v) is 2.79. The summed E-state index contributed by atoms with van der Waals surface area (Å²) >= 11 is 7.30.